The minimum absolute atomic E-state index is 0.0388. The number of azo groups is 1. The lowest BCUT2D eigenvalue weighted by Crippen LogP contribution is -2.30. The van der Waals surface area contributed by atoms with Gasteiger partial charge in [0.25, 0.3) is 0 Å². The van der Waals surface area contributed by atoms with Gasteiger partial charge in [-0.2, -0.15) is 21.6 Å². The summed E-state index contributed by atoms with van der Waals surface area (Å²) >= 11 is 0. The molecule has 0 atom stereocenters. The molecule has 1 aliphatic heterocycles. The average Bonchev–Trinajstić information content (AvgIpc) is 3.15. The Kier molecular flexibility index (Phi) is 5.44. The number of halogens is 3. The van der Waals surface area contributed by atoms with Gasteiger partial charge >= 0.3 is 15.5 Å². The van der Waals surface area contributed by atoms with E-state index in [2.05, 4.69) is 15.4 Å². The Morgan fingerprint density at radius 3 is 2.75 bits per heavy atom. The summed E-state index contributed by atoms with van der Waals surface area (Å²) in [5, 5.41) is 12.3. The molecule has 0 fully saturated rings. The van der Waals surface area contributed by atoms with E-state index in [1.54, 1.807) is 30.0 Å². The van der Waals surface area contributed by atoms with E-state index >= 15 is 0 Å². The Balaban J connectivity index is 1.81. The normalized spacial score (nSPS) is 14.7. The lowest BCUT2D eigenvalue weighted by Gasteiger charge is -2.28. The summed E-state index contributed by atoms with van der Waals surface area (Å²) in [5.74, 6) is 0.458. The van der Waals surface area contributed by atoms with Crippen LogP contribution in [-0.2, 0) is 16.4 Å². The van der Waals surface area contributed by atoms with E-state index in [-0.39, 0.29) is 17.2 Å². The van der Waals surface area contributed by atoms with Gasteiger partial charge in [0.2, 0.25) is 5.82 Å². The van der Waals surface area contributed by atoms with Crippen molar-refractivity contribution in [3.63, 3.8) is 0 Å². The quantitative estimate of drug-likeness (QED) is 0.533. The van der Waals surface area contributed by atoms with Crippen molar-refractivity contribution < 1.29 is 30.8 Å². The van der Waals surface area contributed by atoms with Crippen molar-refractivity contribution in [1.82, 2.24) is 5.16 Å². The molecule has 0 spiro atoms. The van der Waals surface area contributed by atoms with Gasteiger partial charge < -0.3 is 14.2 Å². The summed E-state index contributed by atoms with van der Waals surface area (Å²) in [5.41, 5.74) is -4.12. The van der Waals surface area contributed by atoms with Crippen molar-refractivity contribution in [2.24, 2.45) is 10.2 Å². The molecule has 170 valence electrons. The van der Waals surface area contributed by atoms with E-state index in [1.165, 1.54) is 19.2 Å². The van der Waals surface area contributed by atoms with E-state index in [0.29, 0.717) is 35.4 Å². The number of benzene rings is 2. The molecule has 2 aromatic carbocycles. The van der Waals surface area contributed by atoms with Crippen LogP contribution in [0.1, 0.15) is 12.0 Å². The zero-order valence-corrected chi connectivity index (χ0v) is 17.8. The molecule has 13 heteroatoms. The number of fused-ring (bicyclic) bond motifs is 2. The van der Waals surface area contributed by atoms with Crippen LogP contribution in [0.15, 0.2) is 45.1 Å². The summed E-state index contributed by atoms with van der Waals surface area (Å²) < 4.78 is 74.5. The van der Waals surface area contributed by atoms with Gasteiger partial charge in [0.1, 0.15) is 16.8 Å². The van der Waals surface area contributed by atoms with E-state index in [0.717, 1.165) is 12.0 Å². The lowest BCUT2D eigenvalue weighted by molar-refractivity contribution is -0.0429. The van der Waals surface area contributed by atoms with Crippen LogP contribution in [-0.4, -0.2) is 39.8 Å². The fraction of sp³-hybridized carbons (Fsp3) is 0.316. The number of hydrogen-bond donors (Lipinski definition) is 1. The molecule has 1 aliphatic rings. The van der Waals surface area contributed by atoms with Crippen LogP contribution in [0, 0.1) is 0 Å². The number of rotatable bonds is 5. The smallest absolute Gasteiger partial charge is 0.496 e. The second kappa shape index (κ2) is 7.97. The number of aryl methyl sites for hydroxylation is 1. The molecule has 2 heterocycles. The molecule has 0 saturated heterocycles. The van der Waals surface area contributed by atoms with Crippen LogP contribution in [0.25, 0.3) is 11.0 Å². The third-order valence-electron chi connectivity index (χ3n) is 5.01. The van der Waals surface area contributed by atoms with Gasteiger partial charge in [-0.05, 0) is 42.7 Å². The van der Waals surface area contributed by atoms with Crippen molar-refractivity contribution in [2.45, 2.75) is 18.3 Å². The van der Waals surface area contributed by atoms with E-state index in [4.69, 9.17) is 9.26 Å². The summed E-state index contributed by atoms with van der Waals surface area (Å²) in [4.78, 5) is 1.83. The highest BCUT2D eigenvalue weighted by molar-refractivity contribution is 7.93. The van der Waals surface area contributed by atoms with E-state index in [1.807, 2.05) is 4.90 Å². The van der Waals surface area contributed by atoms with Crippen LogP contribution in [0.4, 0.5) is 36.1 Å². The van der Waals surface area contributed by atoms with Crippen LogP contribution >= 0.6 is 0 Å². The van der Waals surface area contributed by atoms with Crippen molar-refractivity contribution in [3.05, 3.63) is 35.9 Å². The SMILES string of the molecule is COc1cccc2onc(N=Nc3cc4c(cc3NS(=O)(=O)C(F)(F)F)N(C)CCC4)c12. The summed E-state index contributed by atoms with van der Waals surface area (Å²) in [6.45, 7) is 0.685. The highest BCUT2D eigenvalue weighted by atomic mass is 32.2. The monoisotopic (exact) mass is 469 g/mol. The second-order valence-corrected chi connectivity index (χ2v) is 8.79. The van der Waals surface area contributed by atoms with E-state index in [9.17, 15) is 21.6 Å². The molecule has 0 bridgehead atoms. The number of alkyl halides is 3. The maximum Gasteiger partial charge on any atom is 0.516 e. The number of nitrogens with zero attached hydrogens (tertiary/aromatic N) is 4. The molecule has 1 N–H and O–H groups in total. The number of nitrogens with one attached hydrogen (secondary N) is 1. The largest absolute Gasteiger partial charge is 0.516 e. The molecule has 4 rings (SSSR count). The molecule has 0 amide bonds. The number of hydrogen-bond acceptors (Lipinski definition) is 8. The highest BCUT2D eigenvalue weighted by Crippen LogP contribution is 2.40. The predicted octanol–water partition coefficient (Wildman–Crippen LogP) is 4.90. The number of anilines is 2. The van der Waals surface area contributed by atoms with Crippen molar-refractivity contribution in [2.75, 3.05) is 30.3 Å². The highest BCUT2D eigenvalue weighted by Gasteiger charge is 2.46. The maximum absolute atomic E-state index is 13.0. The number of sulfonamides is 1. The lowest BCUT2D eigenvalue weighted by atomic mass is 10.0. The molecular weight excluding hydrogens is 451 g/mol. The van der Waals surface area contributed by atoms with Crippen LogP contribution in [0.3, 0.4) is 0 Å². The molecular formula is C19H18F3N5O4S. The molecule has 1 aromatic heterocycles. The zero-order valence-electron chi connectivity index (χ0n) is 17.0. The van der Waals surface area contributed by atoms with Crippen molar-refractivity contribution >= 4 is 43.9 Å². The third kappa shape index (κ3) is 3.95. The number of methoxy groups -OCH3 is 1. The van der Waals surface area contributed by atoms with Gasteiger partial charge in [-0.25, -0.2) is 0 Å². The molecule has 9 nitrogen and oxygen atoms in total. The molecule has 0 radical (unpaired) electrons. The Hall–Kier alpha value is -3.35. The minimum Gasteiger partial charge on any atom is -0.496 e. The molecule has 0 unspecified atom stereocenters. The van der Waals surface area contributed by atoms with Crippen LogP contribution < -0.4 is 14.4 Å². The fourth-order valence-electron chi connectivity index (χ4n) is 3.45. The third-order valence-corrected chi connectivity index (χ3v) is 6.11. The Morgan fingerprint density at radius 2 is 2.03 bits per heavy atom. The summed E-state index contributed by atoms with van der Waals surface area (Å²) in [6.07, 6.45) is 1.49. The van der Waals surface area contributed by atoms with Crippen molar-refractivity contribution in [3.8, 4) is 5.75 Å². The molecule has 32 heavy (non-hydrogen) atoms. The van der Waals surface area contributed by atoms with Crippen LogP contribution in [0.2, 0.25) is 0 Å². The van der Waals surface area contributed by atoms with Crippen LogP contribution in [0.5, 0.6) is 5.75 Å². The minimum atomic E-state index is -5.66. The van der Waals surface area contributed by atoms with Gasteiger partial charge in [0.15, 0.2) is 5.58 Å². The van der Waals surface area contributed by atoms with Gasteiger partial charge in [-0.3, -0.25) is 4.72 Å². The number of aromatic nitrogens is 1. The first-order valence-corrected chi connectivity index (χ1v) is 10.9. The predicted molar refractivity (Wildman–Crippen MR) is 111 cm³/mol. The Labute approximate surface area is 180 Å². The first-order valence-electron chi connectivity index (χ1n) is 9.42. The Bertz CT molecular complexity index is 1300. The summed E-state index contributed by atoms with van der Waals surface area (Å²) in [7, 11) is -2.44. The van der Waals surface area contributed by atoms with Gasteiger partial charge in [-0.15, -0.1) is 10.2 Å². The molecule has 3 aromatic rings. The average molecular weight is 469 g/mol. The van der Waals surface area contributed by atoms with Gasteiger partial charge in [0, 0.05) is 19.3 Å². The topological polar surface area (TPSA) is 109 Å². The second-order valence-electron chi connectivity index (χ2n) is 7.11. The van der Waals surface area contributed by atoms with E-state index < -0.39 is 15.5 Å². The maximum atomic E-state index is 13.0. The Morgan fingerprint density at radius 1 is 1.25 bits per heavy atom. The zero-order chi connectivity index (χ0) is 23.1. The fourth-order valence-corrected chi connectivity index (χ4v) is 4.02. The van der Waals surface area contributed by atoms with Crippen molar-refractivity contribution in [1.29, 1.82) is 0 Å². The van der Waals surface area contributed by atoms with Gasteiger partial charge in [0.05, 0.1) is 12.8 Å². The number of ether oxygens (including phenoxy) is 1. The first-order chi connectivity index (χ1) is 15.1. The summed E-state index contributed by atoms with van der Waals surface area (Å²) in [6, 6.07) is 7.84. The molecule has 0 aliphatic carbocycles. The first kappa shape index (κ1) is 21.9. The molecule has 0 saturated carbocycles. The standard InChI is InChI=1S/C19H18F3N5O4S/c1-27-8-4-5-11-9-12(13(10-14(11)27)26-32(28,29)19(20,21)22)23-24-18-17-15(30-2)6-3-7-16(17)31-25-18/h3,6-7,9-10,26H,4-5,8H2,1-2H3. The van der Waals surface area contributed by atoms with Gasteiger partial charge in [-0.1, -0.05) is 11.2 Å².